The number of rotatable bonds is 5. The van der Waals surface area contributed by atoms with E-state index in [4.69, 9.17) is 4.99 Å². The van der Waals surface area contributed by atoms with Gasteiger partial charge in [-0.15, -0.1) is 0 Å². The molecule has 0 atom stereocenters. The normalized spacial score (nSPS) is 13.0. The fraction of sp³-hybridized carbons (Fsp3) is 0.304. The Morgan fingerprint density at radius 2 is 2.00 bits per heavy atom. The summed E-state index contributed by atoms with van der Waals surface area (Å²) in [5.74, 6) is 0.931. The molecule has 1 heterocycles. The number of benzene rings is 2. The van der Waals surface area contributed by atoms with Gasteiger partial charge in [-0.05, 0) is 61.6 Å². The van der Waals surface area contributed by atoms with Crippen molar-refractivity contribution in [1.82, 2.24) is 5.32 Å². The van der Waals surface area contributed by atoms with Crippen molar-refractivity contribution in [1.29, 1.82) is 0 Å². The van der Waals surface area contributed by atoms with E-state index in [9.17, 15) is 0 Å². The van der Waals surface area contributed by atoms with Gasteiger partial charge in [0.05, 0.1) is 11.4 Å². The third-order valence-corrected chi connectivity index (χ3v) is 4.83. The van der Waals surface area contributed by atoms with Crippen LogP contribution in [0.1, 0.15) is 48.1 Å². The maximum atomic E-state index is 4.75. The van der Waals surface area contributed by atoms with Gasteiger partial charge < -0.3 is 5.32 Å². The summed E-state index contributed by atoms with van der Waals surface area (Å²) < 4.78 is 0. The van der Waals surface area contributed by atoms with E-state index in [0.29, 0.717) is 0 Å². The van der Waals surface area contributed by atoms with Gasteiger partial charge in [0.15, 0.2) is 0 Å². The van der Waals surface area contributed by atoms with Crippen LogP contribution in [-0.2, 0) is 12.8 Å². The SMILES string of the molecule is C=C(NC1=Nc2ccc(C)c(N=CC)c2C1)c1ccc(C)c(CCC)c1. The number of hydrogen-bond acceptors (Lipinski definition) is 3. The summed E-state index contributed by atoms with van der Waals surface area (Å²) in [5.41, 5.74) is 9.16. The molecule has 0 saturated heterocycles. The maximum Gasteiger partial charge on any atom is 0.111 e. The van der Waals surface area contributed by atoms with E-state index in [1.807, 2.05) is 13.1 Å². The van der Waals surface area contributed by atoms with Gasteiger partial charge in [-0.1, -0.05) is 38.1 Å². The van der Waals surface area contributed by atoms with Crippen LogP contribution in [0.2, 0.25) is 0 Å². The number of aliphatic imine (C=N–C) groups is 2. The van der Waals surface area contributed by atoms with Crippen LogP contribution in [0.25, 0.3) is 5.70 Å². The molecule has 0 radical (unpaired) electrons. The van der Waals surface area contributed by atoms with Gasteiger partial charge in [-0.25, -0.2) is 4.99 Å². The van der Waals surface area contributed by atoms with Crippen molar-refractivity contribution in [2.75, 3.05) is 0 Å². The van der Waals surface area contributed by atoms with E-state index >= 15 is 0 Å². The largest absolute Gasteiger partial charge is 0.343 e. The molecule has 3 rings (SSSR count). The van der Waals surface area contributed by atoms with Gasteiger partial charge in [-0.3, -0.25) is 4.99 Å². The second-order valence-corrected chi connectivity index (χ2v) is 6.85. The summed E-state index contributed by atoms with van der Waals surface area (Å²) in [6.07, 6.45) is 4.84. The van der Waals surface area contributed by atoms with Crippen LogP contribution >= 0.6 is 0 Å². The second kappa shape index (κ2) is 7.69. The third kappa shape index (κ3) is 3.62. The Morgan fingerprint density at radius 3 is 2.73 bits per heavy atom. The second-order valence-electron chi connectivity index (χ2n) is 6.85. The molecular formula is C23H27N3. The number of nitrogens with one attached hydrogen (secondary N) is 1. The fourth-order valence-corrected chi connectivity index (χ4v) is 3.40. The summed E-state index contributed by atoms with van der Waals surface area (Å²) in [5, 5.41) is 3.42. The molecule has 3 nitrogen and oxygen atoms in total. The quantitative estimate of drug-likeness (QED) is 0.681. The number of hydrogen-bond donors (Lipinski definition) is 1. The smallest absolute Gasteiger partial charge is 0.111 e. The standard InChI is InChI=1S/C23H27N3/c1-6-8-18-13-19(11-9-15(18)3)17(5)25-22-14-20-21(26-22)12-10-16(4)23(20)24-7-2/h7,9-13H,5-6,8,14H2,1-4H3,(H,25,26). The summed E-state index contributed by atoms with van der Waals surface area (Å²) in [6, 6.07) is 10.7. The van der Waals surface area contributed by atoms with Crippen molar-refractivity contribution in [2.24, 2.45) is 9.98 Å². The Labute approximate surface area is 156 Å². The molecule has 0 bridgehead atoms. The lowest BCUT2D eigenvalue weighted by Gasteiger charge is -2.13. The van der Waals surface area contributed by atoms with E-state index < -0.39 is 0 Å². The van der Waals surface area contributed by atoms with E-state index in [1.165, 1.54) is 22.3 Å². The Morgan fingerprint density at radius 1 is 1.23 bits per heavy atom. The Hall–Kier alpha value is -2.68. The zero-order valence-electron chi connectivity index (χ0n) is 16.2. The van der Waals surface area contributed by atoms with Gasteiger partial charge in [0.25, 0.3) is 0 Å². The number of amidine groups is 1. The van der Waals surface area contributed by atoms with Crippen LogP contribution in [0.5, 0.6) is 0 Å². The zero-order chi connectivity index (χ0) is 18.7. The molecular weight excluding hydrogens is 318 g/mol. The Balaban J connectivity index is 1.79. The molecule has 2 aromatic rings. The van der Waals surface area contributed by atoms with Crippen LogP contribution in [0.15, 0.2) is 46.9 Å². The molecule has 134 valence electrons. The minimum Gasteiger partial charge on any atom is -0.343 e. The number of nitrogens with zero attached hydrogens (tertiary/aromatic N) is 2. The predicted octanol–water partition coefficient (Wildman–Crippen LogP) is 5.82. The zero-order valence-corrected chi connectivity index (χ0v) is 16.2. The molecule has 1 aliphatic rings. The van der Waals surface area contributed by atoms with Gasteiger partial charge in [0.1, 0.15) is 5.84 Å². The van der Waals surface area contributed by atoms with E-state index in [-0.39, 0.29) is 0 Å². The number of aryl methyl sites for hydroxylation is 3. The van der Waals surface area contributed by atoms with Crippen LogP contribution in [0, 0.1) is 13.8 Å². The summed E-state index contributed by atoms with van der Waals surface area (Å²) in [6.45, 7) is 12.7. The highest BCUT2D eigenvalue weighted by molar-refractivity contribution is 5.99. The summed E-state index contributed by atoms with van der Waals surface area (Å²) in [4.78, 5) is 9.29. The van der Waals surface area contributed by atoms with Crippen LogP contribution < -0.4 is 5.32 Å². The lowest BCUT2D eigenvalue weighted by atomic mass is 10.00. The molecule has 0 amide bonds. The molecule has 0 spiro atoms. The van der Waals surface area contributed by atoms with Crippen LogP contribution in [0.3, 0.4) is 0 Å². The maximum absolute atomic E-state index is 4.75. The van der Waals surface area contributed by atoms with Gasteiger partial charge in [-0.2, -0.15) is 0 Å². The molecule has 1 aliphatic heterocycles. The molecule has 0 unspecified atom stereocenters. The molecule has 0 aliphatic carbocycles. The molecule has 2 aromatic carbocycles. The van der Waals surface area contributed by atoms with Crippen molar-refractivity contribution in [3.63, 3.8) is 0 Å². The fourth-order valence-electron chi connectivity index (χ4n) is 3.40. The van der Waals surface area contributed by atoms with E-state index in [1.54, 1.807) is 0 Å². The highest BCUT2D eigenvalue weighted by Gasteiger charge is 2.20. The van der Waals surface area contributed by atoms with Gasteiger partial charge in [0, 0.05) is 23.9 Å². The first kappa shape index (κ1) is 18.1. The van der Waals surface area contributed by atoms with Crippen molar-refractivity contribution in [3.8, 4) is 0 Å². The van der Waals surface area contributed by atoms with Crippen molar-refractivity contribution in [3.05, 3.63) is 64.7 Å². The highest BCUT2D eigenvalue weighted by Crippen LogP contribution is 2.36. The molecule has 3 heteroatoms. The van der Waals surface area contributed by atoms with E-state index in [2.05, 4.69) is 68.0 Å². The highest BCUT2D eigenvalue weighted by atomic mass is 15.0. The monoisotopic (exact) mass is 345 g/mol. The van der Waals surface area contributed by atoms with Gasteiger partial charge >= 0.3 is 0 Å². The first-order valence-electron chi connectivity index (χ1n) is 9.28. The van der Waals surface area contributed by atoms with Crippen molar-refractivity contribution in [2.45, 2.75) is 47.0 Å². The van der Waals surface area contributed by atoms with Crippen LogP contribution in [0.4, 0.5) is 11.4 Å². The first-order valence-corrected chi connectivity index (χ1v) is 9.28. The first-order chi connectivity index (χ1) is 12.5. The molecule has 26 heavy (non-hydrogen) atoms. The molecule has 1 N–H and O–H groups in total. The van der Waals surface area contributed by atoms with Crippen molar-refractivity contribution >= 4 is 29.1 Å². The summed E-state index contributed by atoms with van der Waals surface area (Å²) in [7, 11) is 0. The lowest BCUT2D eigenvalue weighted by Crippen LogP contribution is -2.21. The Kier molecular flexibility index (Phi) is 5.36. The van der Waals surface area contributed by atoms with Crippen LogP contribution in [-0.4, -0.2) is 12.1 Å². The Bertz CT molecular complexity index is 904. The summed E-state index contributed by atoms with van der Waals surface area (Å²) >= 11 is 0. The average molecular weight is 345 g/mol. The minimum absolute atomic E-state index is 0.760. The van der Waals surface area contributed by atoms with Crippen molar-refractivity contribution < 1.29 is 0 Å². The van der Waals surface area contributed by atoms with E-state index in [0.717, 1.165) is 47.7 Å². The lowest BCUT2D eigenvalue weighted by molar-refractivity contribution is 0.912. The molecule has 0 fully saturated rings. The van der Waals surface area contributed by atoms with Gasteiger partial charge in [0.2, 0.25) is 0 Å². The minimum atomic E-state index is 0.760. The predicted molar refractivity (Wildman–Crippen MR) is 113 cm³/mol. The third-order valence-electron chi connectivity index (χ3n) is 4.83. The molecule has 0 aromatic heterocycles. The average Bonchev–Trinajstić information content (AvgIpc) is 3.02. The number of fused-ring (bicyclic) bond motifs is 1. The topological polar surface area (TPSA) is 36.8 Å². The molecule has 0 saturated carbocycles.